The minimum absolute atomic E-state index is 0.0333. The molecule has 1 aromatic heterocycles. The lowest BCUT2D eigenvalue weighted by Crippen LogP contribution is -2.46. The predicted molar refractivity (Wildman–Crippen MR) is 114 cm³/mol. The molecule has 0 unspecified atom stereocenters. The molecule has 6 heteroatoms. The molecule has 0 atom stereocenters. The van der Waals surface area contributed by atoms with Gasteiger partial charge in [-0.2, -0.15) is 0 Å². The Morgan fingerprint density at radius 2 is 1.79 bits per heavy atom. The van der Waals surface area contributed by atoms with Crippen LogP contribution in [0.1, 0.15) is 51.5 Å². The average Bonchev–Trinajstić information content (AvgIpc) is 2.97. The lowest BCUT2D eigenvalue weighted by molar-refractivity contribution is 0.101. The number of carbonyl (C=O) groups excluding carboxylic acids is 2. The molecule has 6 nitrogen and oxygen atoms in total. The first-order valence-corrected chi connectivity index (χ1v) is 9.91. The summed E-state index contributed by atoms with van der Waals surface area (Å²) in [6.45, 7) is 14.7. The van der Waals surface area contributed by atoms with Crippen LogP contribution in [0.15, 0.2) is 18.2 Å². The Morgan fingerprint density at radius 1 is 1.11 bits per heavy atom. The number of carbonyl (C=O) groups is 2. The van der Waals surface area contributed by atoms with Crippen molar-refractivity contribution >= 4 is 23.1 Å². The van der Waals surface area contributed by atoms with Gasteiger partial charge >= 0.3 is 0 Å². The van der Waals surface area contributed by atoms with Gasteiger partial charge in [0.1, 0.15) is 5.69 Å². The number of hydrogen-bond acceptors (Lipinski definition) is 4. The summed E-state index contributed by atoms with van der Waals surface area (Å²) >= 11 is 0. The fourth-order valence-corrected chi connectivity index (χ4v) is 4.00. The van der Waals surface area contributed by atoms with Crippen molar-refractivity contribution in [2.75, 3.05) is 42.9 Å². The molecule has 0 radical (unpaired) electrons. The Morgan fingerprint density at radius 3 is 2.32 bits per heavy atom. The Kier molecular flexibility index (Phi) is 5.89. The maximum absolute atomic E-state index is 12.8. The first kappa shape index (κ1) is 20.1. The van der Waals surface area contributed by atoms with Crippen LogP contribution >= 0.6 is 0 Å². The largest absolute Gasteiger partial charge is 0.369 e. The molecular weight excluding hydrogens is 352 g/mol. The number of amides is 1. The highest BCUT2D eigenvalue weighted by atomic mass is 16.2. The molecule has 0 saturated carbocycles. The molecule has 2 N–H and O–H groups in total. The summed E-state index contributed by atoms with van der Waals surface area (Å²) < 4.78 is 0. The number of hydrogen-bond donors (Lipinski definition) is 2. The van der Waals surface area contributed by atoms with E-state index in [4.69, 9.17) is 0 Å². The van der Waals surface area contributed by atoms with Crippen molar-refractivity contribution in [3.05, 3.63) is 46.3 Å². The van der Waals surface area contributed by atoms with E-state index in [0.29, 0.717) is 16.8 Å². The zero-order valence-corrected chi connectivity index (χ0v) is 17.5. The van der Waals surface area contributed by atoms with Gasteiger partial charge < -0.3 is 20.1 Å². The van der Waals surface area contributed by atoms with Gasteiger partial charge in [0.15, 0.2) is 5.78 Å². The quantitative estimate of drug-likeness (QED) is 0.776. The summed E-state index contributed by atoms with van der Waals surface area (Å²) in [5.41, 5.74) is 5.48. The summed E-state index contributed by atoms with van der Waals surface area (Å²) in [5.74, 6) is -0.255. The van der Waals surface area contributed by atoms with Gasteiger partial charge in [-0.1, -0.05) is 6.92 Å². The highest BCUT2D eigenvalue weighted by Gasteiger charge is 2.21. The van der Waals surface area contributed by atoms with Crippen molar-refractivity contribution in [1.29, 1.82) is 0 Å². The number of H-pyrrole nitrogens is 1. The van der Waals surface area contributed by atoms with E-state index in [1.54, 1.807) is 6.92 Å². The Balaban J connectivity index is 1.74. The van der Waals surface area contributed by atoms with Crippen LogP contribution < -0.4 is 10.2 Å². The van der Waals surface area contributed by atoms with E-state index in [1.165, 1.54) is 12.6 Å². The molecule has 0 aliphatic carbocycles. The van der Waals surface area contributed by atoms with Crippen molar-refractivity contribution in [2.24, 2.45) is 0 Å². The fourth-order valence-electron chi connectivity index (χ4n) is 4.00. The van der Waals surface area contributed by atoms with Crippen LogP contribution in [0.5, 0.6) is 0 Å². The molecule has 1 saturated heterocycles. The van der Waals surface area contributed by atoms with E-state index in [-0.39, 0.29) is 11.7 Å². The van der Waals surface area contributed by atoms with E-state index in [9.17, 15) is 9.59 Å². The van der Waals surface area contributed by atoms with Crippen LogP contribution in [0.3, 0.4) is 0 Å². The van der Waals surface area contributed by atoms with E-state index < -0.39 is 0 Å². The van der Waals surface area contributed by atoms with Crippen LogP contribution in [0.2, 0.25) is 0 Å². The van der Waals surface area contributed by atoms with Crippen molar-refractivity contribution < 1.29 is 9.59 Å². The van der Waals surface area contributed by atoms with E-state index in [2.05, 4.69) is 39.2 Å². The highest BCUT2D eigenvalue weighted by molar-refractivity contribution is 6.08. The average molecular weight is 383 g/mol. The maximum Gasteiger partial charge on any atom is 0.272 e. The monoisotopic (exact) mass is 382 g/mol. The number of ketones is 1. The predicted octanol–water partition coefficient (Wildman–Crippen LogP) is 3.54. The number of likely N-dealkylation sites (N-methyl/N-ethyl adjacent to an activating group) is 1. The number of anilines is 2. The number of benzene rings is 1. The third-order valence-corrected chi connectivity index (χ3v) is 5.66. The summed E-state index contributed by atoms with van der Waals surface area (Å²) in [6, 6.07) is 6.16. The van der Waals surface area contributed by atoms with Crippen molar-refractivity contribution in [2.45, 2.75) is 34.6 Å². The van der Waals surface area contributed by atoms with Crippen LogP contribution in [-0.4, -0.2) is 54.3 Å². The number of aryl methyl sites for hydroxylation is 2. The van der Waals surface area contributed by atoms with Crippen LogP contribution in [0.4, 0.5) is 11.4 Å². The van der Waals surface area contributed by atoms with Crippen molar-refractivity contribution in [3.63, 3.8) is 0 Å². The lowest BCUT2D eigenvalue weighted by Gasteiger charge is -2.35. The summed E-state index contributed by atoms with van der Waals surface area (Å²) in [7, 11) is 0. The fraction of sp³-hybridized carbons (Fsp3) is 0.455. The second-order valence-corrected chi connectivity index (χ2v) is 7.56. The van der Waals surface area contributed by atoms with Gasteiger partial charge in [-0.25, -0.2) is 0 Å². The number of rotatable bonds is 5. The first-order valence-electron chi connectivity index (χ1n) is 9.91. The molecule has 2 heterocycles. The Labute approximate surface area is 166 Å². The van der Waals surface area contributed by atoms with E-state index >= 15 is 0 Å². The SMILES string of the molecule is CCN1CCN(c2ccc(NC(=O)c3[nH]c(C)c(C(C)=O)c3C)c(C)c2)CC1. The molecule has 0 spiro atoms. The van der Waals surface area contributed by atoms with Gasteiger partial charge in [0, 0.05) is 48.8 Å². The van der Waals surface area contributed by atoms with E-state index in [1.807, 2.05) is 19.9 Å². The number of nitrogens with zero attached hydrogens (tertiary/aromatic N) is 2. The molecule has 1 aromatic carbocycles. The molecule has 2 aromatic rings. The van der Waals surface area contributed by atoms with Gasteiger partial charge in [0.25, 0.3) is 5.91 Å². The minimum Gasteiger partial charge on any atom is -0.369 e. The molecule has 0 bridgehead atoms. The first-order chi connectivity index (χ1) is 13.3. The molecule has 1 fully saturated rings. The minimum atomic E-state index is -0.222. The Bertz CT molecular complexity index is 892. The van der Waals surface area contributed by atoms with Gasteiger partial charge in [-0.05, 0) is 63.6 Å². The summed E-state index contributed by atoms with van der Waals surface area (Å²) in [5, 5.41) is 2.98. The van der Waals surface area contributed by atoms with Crippen LogP contribution in [0, 0.1) is 20.8 Å². The third kappa shape index (κ3) is 3.97. The molecule has 1 aliphatic heterocycles. The molecule has 150 valence electrons. The van der Waals surface area contributed by atoms with Gasteiger partial charge in [-0.3, -0.25) is 9.59 Å². The number of aromatic amines is 1. The zero-order chi connectivity index (χ0) is 20.4. The molecule has 1 aliphatic rings. The topological polar surface area (TPSA) is 68.4 Å². The summed E-state index contributed by atoms with van der Waals surface area (Å²) in [6.07, 6.45) is 0. The van der Waals surface area contributed by atoms with Crippen molar-refractivity contribution in [1.82, 2.24) is 9.88 Å². The highest BCUT2D eigenvalue weighted by Crippen LogP contribution is 2.25. The second-order valence-electron chi connectivity index (χ2n) is 7.56. The van der Waals surface area contributed by atoms with Crippen LogP contribution in [-0.2, 0) is 0 Å². The number of nitrogens with one attached hydrogen (secondary N) is 2. The number of aromatic nitrogens is 1. The molecule has 1 amide bonds. The Hall–Kier alpha value is -2.60. The smallest absolute Gasteiger partial charge is 0.272 e. The van der Waals surface area contributed by atoms with E-state index in [0.717, 1.165) is 49.7 Å². The molecule has 28 heavy (non-hydrogen) atoms. The lowest BCUT2D eigenvalue weighted by atomic mass is 10.1. The molecule has 3 rings (SSSR count). The van der Waals surface area contributed by atoms with Crippen LogP contribution in [0.25, 0.3) is 0 Å². The number of piperazine rings is 1. The standard InChI is InChI=1S/C22H30N4O2/c1-6-25-9-11-26(12-10-25)18-7-8-19(14(2)13-18)24-22(28)21-15(3)20(17(5)27)16(4)23-21/h7-8,13,23H,6,9-12H2,1-5H3,(H,24,28). The second kappa shape index (κ2) is 8.19. The van der Waals surface area contributed by atoms with Gasteiger partial charge in [-0.15, -0.1) is 0 Å². The number of Topliss-reactive ketones (excluding diaryl/α,β-unsaturated/α-hetero) is 1. The van der Waals surface area contributed by atoms with Gasteiger partial charge in [0.05, 0.1) is 0 Å². The van der Waals surface area contributed by atoms with Gasteiger partial charge in [0.2, 0.25) is 0 Å². The van der Waals surface area contributed by atoms with Crippen molar-refractivity contribution in [3.8, 4) is 0 Å². The summed E-state index contributed by atoms with van der Waals surface area (Å²) in [4.78, 5) is 32.5. The maximum atomic E-state index is 12.8. The molecular formula is C22H30N4O2. The third-order valence-electron chi connectivity index (χ3n) is 5.66. The zero-order valence-electron chi connectivity index (χ0n) is 17.5. The normalized spacial score (nSPS) is 15.0.